The third kappa shape index (κ3) is 2.81. The summed E-state index contributed by atoms with van der Waals surface area (Å²) in [4.78, 5) is 15.5. The number of hydrogen-bond acceptors (Lipinski definition) is 2. The Balaban J connectivity index is 1.65. The Kier molecular flexibility index (Phi) is 3.83. The highest BCUT2D eigenvalue weighted by molar-refractivity contribution is 5.96. The van der Waals surface area contributed by atoms with Crippen molar-refractivity contribution in [1.82, 2.24) is 10.3 Å². The van der Waals surface area contributed by atoms with E-state index in [1.807, 2.05) is 37.4 Å². The Morgan fingerprint density at radius 2 is 2.05 bits per heavy atom. The summed E-state index contributed by atoms with van der Waals surface area (Å²) in [6, 6.07) is 13.6. The fourth-order valence-electron chi connectivity index (χ4n) is 2.63. The fourth-order valence-corrected chi connectivity index (χ4v) is 2.63. The highest BCUT2D eigenvalue weighted by Crippen LogP contribution is 2.18. The predicted octanol–water partition coefficient (Wildman–Crippen LogP) is 3.03. The number of hydrogen-bond donors (Lipinski definition) is 3. The van der Waals surface area contributed by atoms with E-state index in [1.54, 1.807) is 12.1 Å². The van der Waals surface area contributed by atoms with Gasteiger partial charge in [0.05, 0.1) is 0 Å². The number of para-hydroxylation sites is 1. The van der Waals surface area contributed by atoms with Crippen LogP contribution in [0.15, 0.2) is 48.7 Å². The second kappa shape index (κ2) is 5.93. The molecule has 0 aliphatic heterocycles. The fraction of sp³-hybridized carbons (Fsp3) is 0.167. The molecule has 0 saturated heterocycles. The maximum atomic E-state index is 12.2. The Morgan fingerprint density at radius 3 is 2.91 bits per heavy atom. The van der Waals surface area contributed by atoms with Crippen molar-refractivity contribution in [3.8, 4) is 0 Å². The van der Waals surface area contributed by atoms with Crippen LogP contribution >= 0.6 is 0 Å². The number of fused-ring (bicyclic) bond motifs is 1. The van der Waals surface area contributed by atoms with Crippen LogP contribution in [0.3, 0.4) is 0 Å². The largest absolute Gasteiger partial charge is 0.399 e. The van der Waals surface area contributed by atoms with Gasteiger partial charge < -0.3 is 16.0 Å². The van der Waals surface area contributed by atoms with E-state index in [2.05, 4.69) is 16.4 Å². The van der Waals surface area contributed by atoms with E-state index in [0.29, 0.717) is 17.8 Å². The topological polar surface area (TPSA) is 70.9 Å². The summed E-state index contributed by atoms with van der Waals surface area (Å²) in [5.41, 5.74) is 10.2. The number of aryl methyl sites for hydroxylation is 1. The molecule has 112 valence electrons. The van der Waals surface area contributed by atoms with Gasteiger partial charge in [0, 0.05) is 34.9 Å². The molecule has 0 aliphatic carbocycles. The number of nitrogens with one attached hydrogen (secondary N) is 2. The minimum absolute atomic E-state index is 0.0790. The first-order chi connectivity index (χ1) is 10.6. The van der Waals surface area contributed by atoms with Gasteiger partial charge in [0.1, 0.15) is 0 Å². The van der Waals surface area contributed by atoms with E-state index in [-0.39, 0.29) is 5.91 Å². The molecule has 0 bridgehead atoms. The van der Waals surface area contributed by atoms with Crippen LogP contribution in [0.2, 0.25) is 0 Å². The number of amides is 1. The number of nitrogens with two attached hydrogens (primary N) is 1. The molecule has 0 spiro atoms. The molecule has 22 heavy (non-hydrogen) atoms. The maximum Gasteiger partial charge on any atom is 0.251 e. The standard InChI is InChI=1S/C18H19N3O/c1-12-6-7-14(19)10-16(12)18(22)20-9-8-13-11-21-17-5-3-2-4-15(13)17/h2-7,10-11,21H,8-9,19H2,1H3,(H,20,22). The molecule has 3 rings (SSSR count). The SMILES string of the molecule is Cc1ccc(N)cc1C(=O)NCCc1c[nH]c2ccccc12. The van der Waals surface area contributed by atoms with Gasteiger partial charge in [-0.1, -0.05) is 24.3 Å². The first-order valence-electron chi connectivity index (χ1n) is 7.34. The first kappa shape index (κ1) is 14.2. The molecular weight excluding hydrogens is 274 g/mol. The Morgan fingerprint density at radius 1 is 1.23 bits per heavy atom. The van der Waals surface area contributed by atoms with Crippen LogP contribution in [0.4, 0.5) is 5.69 Å². The Labute approximate surface area is 129 Å². The summed E-state index contributed by atoms with van der Waals surface area (Å²) in [5.74, 6) is -0.0790. The number of benzene rings is 2. The van der Waals surface area contributed by atoms with Crippen molar-refractivity contribution in [3.63, 3.8) is 0 Å². The number of nitrogen functional groups attached to an aromatic ring is 1. The van der Waals surface area contributed by atoms with Crippen molar-refractivity contribution in [3.05, 3.63) is 65.4 Å². The highest BCUT2D eigenvalue weighted by atomic mass is 16.1. The van der Waals surface area contributed by atoms with E-state index in [1.165, 1.54) is 10.9 Å². The average molecular weight is 293 g/mol. The molecule has 4 nitrogen and oxygen atoms in total. The van der Waals surface area contributed by atoms with Gasteiger partial charge in [-0.05, 0) is 42.7 Å². The number of carbonyl (C=O) groups is 1. The minimum Gasteiger partial charge on any atom is -0.399 e. The summed E-state index contributed by atoms with van der Waals surface area (Å²) in [6.07, 6.45) is 2.79. The van der Waals surface area contributed by atoms with Crippen LogP contribution in [-0.4, -0.2) is 17.4 Å². The molecule has 0 unspecified atom stereocenters. The number of aromatic amines is 1. The summed E-state index contributed by atoms with van der Waals surface area (Å²) >= 11 is 0. The van der Waals surface area contributed by atoms with Crippen LogP contribution < -0.4 is 11.1 Å². The lowest BCUT2D eigenvalue weighted by molar-refractivity contribution is 0.0953. The maximum absolute atomic E-state index is 12.2. The van der Waals surface area contributed by atoms with Crippen LogP contribution in [0.25, 0.3) is 10.9 Å². The zero-order chi connectivity index (χ0) is 15.5. The van der Waals surface area contributed by atoms with Crippen LogP contribution in [0.1, 0.15) is 21.5 Å². The predicted molar refractivity (Wildman–Crippen MR) is 89.9 cm³/mol. The zero-order valence-corrected chi connectivity index (χ0v) is 12.5. The number of rotatable bonds is 4. The van der Waals surface area contributed by atoms with Gasteiger partial charge >= 0.3 is 0 Å². The third-order valence-corrected chi connectivity index (χ3v) is 3.86. The summed E-state index contributed by atoms with van der Waals surface area (Å²) in [5, 5.41) is 4.17. The monoisotopic (exact) mass is 293 g/mol. The molecule has 1 amide bonds. The van der Waals surface area contributed by atoms with Gasteiger partial charge in [-0.2, -0.15) is 0 Å². The lowest BCUT2D eigenvalue weighted by Gasteiger charge is -2.08. The lowest BCUT2D eigenvalue weighted by Crippen LogP contribution is -2.26. The number of H-pyrrole nitrogens is 1. The van der Waals surface area contributed by atoms with Crippen LogP contribution in [0.5, 0.6) is 0 Å². The van der Waals surface area contributed by atoms with Gasteiger partial charge in [0.25, 0.3) is 5.91 Å². The Bertz CT molecular complexity index is 820. The number of aromatic nitrogens is 1. The molecule has 4 N–H and O–H groups in total. The van der Waals surface area contributed by atoms with E-state index in [4.69, 9.17) is 5.73 Å². The minimum atomic E-state index is -0.0790. The second-order valence-electron chi connectivity index (χ2n) is 5.44. The molecule has 1 aromatic heterocycles. The molecule has 0 atom stereocenters. The van der Waals surface area contributed by atoms with E-state index < -0.39 is 0 Å². The quantitative estimate of drug-likeness (QED) is 0.647. The molecule has 0 saturated carbocycles. The number of anilines is 1. The molecule has 2 aromatic carbocycles. The smallest absolute Gasteiger partial charge is 0.251 e. The highest BCUT2D eigenvalue weighted by Gasteiger charge is 2.09. The molecular formula is C18H19N3O. The van der Waals surface area contributed by atoms with Crippen molar-refractivity contribution in [2.45, 2.75) is 13.3 Å². The average Bonchev–Trinajstić information content (AvgIpc) is 2.93. The van der Waals surface area contributed by atoms with Crippen molar-refractivity contribution in [2.75, 3.05) is 12.3 Å². The van der Waals surface area contributed by atoms with Crippen molar-refractivity contribution in [2.24, 2.45) is 0 Å². The summed E-state index contributed by atoms with van der Waals surface area (Å²) < 4.78 is 0. The zero-order valence-electron chi connectivity index (χ0n) is 12.5. The van der Waals surface area contributed by atoms with Gasteiger partial charge in [-0.15, -0.1) is 0 Å². The van der Waals surface area contributed by atoms with Crippen LogP contribution in [-0.2, 0) is 6.42 Å². The summed E-state index contributed by atoms with van der Waals surface area (Å²) in [7, 11) is 0. The molecule has 3 aromatic rings. The van der Waals surface area contributed by atoms with E-state index >= 15 is 0 Å². The Hall–Kier alpha value is -2.75. The van der Waals surface area contributed by atoms with Crippen molar-refractivity contribution in [1.29, 1.82) is 0 Å². The summed E-state index contributed by atoms with van der Waals surface area (Å²) in [6.45, 7) is 2.50. The lowest BCUT2D eigenvalue weighted by atomic mass is 10.1. The molecule has 0 aliphatic rings. The van der Waals surface area contributed by atoms with Crippen LogP contribution in [0, 0.1) is 6.92 Å². The van der Waals surface area contributed by atoms with E-state index in [9.17, 15) is 4.79 Å². The molecule has 0 fully saturated rings. The third-order valence-electron chi connectivity index (χ3n) is 3.86. The van der Waals surface area contributed by atoms with Crippen molar-refractivity contribution >= 4 is 22.5 Å². The second-order valence-corrected chi connectivity index (χ2v) is 5.44. The van der Waals surface area contributed by atoms with E-state index in [0.717, 1.165) is 17.5 Å². The molecule has 0 radical (unpaired) electrons. The molecule has 4 heteroatoms. The number of carbonyl (C=O) groups excluding carboxylic acids is 1. The first-order valence-corrected chi connectivity index (χ1v) is 7.34. The van der Waals surface area contributed by atoms with Gasteiger partial charge in [0.2, 0.25) is 0 Å². The van der Waals surface area contributed by atoms with Crippen molar-refractivity contribution < 1.29 is 4.79 Å². The normalized spacial score (nSPS) is 10.8. The van der Waals surface area contributed by atoms with Gasteiger partial charge in [0.15, 0.2) is 0 Å². The molecule has 1 heterocycles. The van der Waals surface area contributed by atoms with Gasteiger partial charge in [-0.25, -0.2) is 0 Å². The van der Waals surface area contributed by atoms with Gasteiger partial charge in [-0.3, -0.25) is 4.79 Å².